The highest BCUT2D eigenvalue weighted by atomic mass is 16.5. The molecule has 0 aliphatic heterocycles. The number of benzene rings is 12. The van der Waals surface area contributed by atoms with Gasteiger partial charge in [0.2, 0.25) is 0 Å². The van der Waals surface area contributed by atoms with Gasteiger partial charge in [-0.3, -0.25) is 0 Å². The van der Waals surface area contributed by atoms with E-state index in [1.807, 2.05) is 24.3 Å². The number of nitrogens with zero attached hydrogens (tertiary/aromatic N) is 2. The summed E-state index contributed by atoms with van der Waals surface area (Å²) in [5.41, 5.74) is 13.6. The van der Waals surface area contributed by atoms with Gasteiger partial charge in [0.05, 0.1) is 47.4 Å². The number of aromatic nitrogens is 2. The van der Waals surface area contributed by atoms with Crippen molar-refractivity contribution in [2.75, 3.05) is 14.2 Å². The molecule has 0 radical (unpaired) electrons. The Labute approximate surface area is 556 Å². The summed E-state index contributed by atoms with van der Waals surface area (Å²) >= 11 is 0. The lowest BCUT2D eigenvalue weighted by Gasteiger charge is -2.21. The number of rotatable bonds is 33. The fourth-order valence-electron chi connectivity index (χ4n) is 17.3. The van der Waals surface area contributed by atoms with Crippen molar-refractivity contribution in [3.05, 3.63) is 157 Å². The molecule has 0 aliphatic rings. The molecular weight excluding hydrogens is 1150 g/mol. The Morgan fingerprint density at radius 1 is 0.309 bits per heavy atom. The third kappa shape index (κ3) is 11.5. The molecule has 0 bridgehead atoms. The van der Waals surface area contributed by atoms with Gasteiger partial charge in [0, 0.05) is 56.2 Å². The quantitative estimate of drug-likeness (QED) is 0.0178. The summed E-state index contributed by atoms with van der Waals surface area (Å²) in [6.07, 6.45) is 30.6. The van der Waals surface area contributed by atoms with Crippen LogP contribution in [0.25, 0.3) is 142 Å². The molecule has 2 unspecified atom stereocenters. The summed E-state index contributed by atoms with van der Waals surface area (Å²) in [6, 6.07) is 54.9. The van der Waals surface area contributed by atoms with Gasteiger partial charge in [-0.1, -0.05) is 253 Å². The van der Waals surface area contributed by atoms with E-state index in [2.05, 4.69) is 158 Å². The van der Waals surface area contributed by atoms with E-state index in [1.54, 1.807) is 0 Å². The lowest BCUT2D eigenvalue weighted by atomic mass is 9.83. The molecule has 0 spiro atoms. The predicted octanol–water partition coefficient (Wildman–Crippen LogP) is 25.8. The molecule has 14 rings (SSSR count). The number of hydrogen-bond acceptors (Lipinski definition) is 4. The fraction of sp³-hybridized carbons (Fsp3) is 0.386. The summed E-state index contributed by atoms with van der Waals surface area (Å²) in [5.74, 6) is 0.412. The highest BCUT2D eigenvalue weighted by molar-refractivity contribution is 6.45. The van der Waals surface area contributed by atoms with Crippen LogP contribution in [0.5, 0.6) is 0 Å². The minimum Gasteiger partial charge on any atom is -0.465 e. The number of carbonyl (C=O) groups excluding carboxylic acids is 2. The summed E-state index contributed by atoms with van der Waals surface area (Å²) < 4.78 is 16.0. The number of methoxy groups -OCH3 is 2. The summed E-state index contributed by atoms with van der Waals surface area (Å²) in [5, 5.41) is 21.2. The molecule has 14 aromatic rings. The van der Waals surface area contributed by atoms with Crippen molar-refractivity contribution in [3.8, 4) is 33.4 Å². The first kappa shape index (κ1) is 63.2. The van der Waals surface area contributed by atoms with Gasteiger partial charge < -0.3 is 18.6 Å². The zero-order valence-electron chi connectivity index (χ0n) is 56.9. The Morgan fingerprint density at radius 2 is 0.564 bits per heavy atom. The minimum absolute atomic E-state index is 0.320. The van der Waals surface area contributed by atoms with E-state index >= 15 is 0 Å². The van der Waals surface area contributed by atoms with Crippen LogP contribution in [0, 0.1) is 11.8 Å². The maximum absolute atomic E-state index is 12.9. The van der Waals surface area contributed by atoms with Crippen molar-refractivity contribution in [1.82, 2.24) is 9.13 Å². The second-order valence-corrected chi connectivity index (χ2v) is 28.1. The molecule has 2 atom stereocenters. The summed E-state index contributed by atoms with van der Waals surface area (Å²) in [4.78, 5) is 25.8. The van der Waals surface area contributed by atoms with E-state index in [4.69, 9.17) is 9.47 Å². The Kier molecular flexibility index (Phi) is 18.8. The minimum atomic E-state index is -0.320. The molecule has 94 heavy (non-hydrogen) atoms. The molecule has 0 saturated heterocycles. The lowest BCUT2D eigenvalue weighted by Crippen LogP contribution is -2.12. The number of carbonyl (C=O) groups is 2. The zero-order valence-corrected chi connectivity index (χ0v) is 56.9. The van der Waals surface area contributed by atoms with Crippen LogP contribution in [0.15, 0.2) is 146 Å². The molecule has 0 saturated carbocycles. The van der Waals surface area contributed by atoms with Crippen molar-refractivity contribution < 1.29 is 19.1 Å². The van der Waals surface area contributed by atoms with Crippen LogP contribution in [0.3, 0.4) is 0 Å². The van der Waals surface area contributed by atoms with Gasteiger partial charge in [-0.25, -0.2) is 9.59 Å². The lowest BCUT2D eigenvalue weighted by molar-refractivity contribution is 0.0592. The third-order valence-electron chi connectivity index (χ3n) is 22.1. The van der Waals surface area contributed by atoms with Gasteiger partial charge in [-0.2, -0.15) is 0 Å². The van der Waals surface area contributed by atoms with Crippen molar-refractivity contribution in [1.29, 1.82) is 0 Å². The molecule has 482 valence electrons. The zero-order chi connectivity index (χ0) is 64.4. The fourth-order valence-corrected chi connectivity index (χ4v) is 17.3. The Morgan fingerprint density at radius 3 is 0.862 bits per heavy atom. The van der Waals surface area contributed by atoms with Crippen LogP contribution in [0.4, 0.5) is 0 Å². The monoisotopic (exact) mass is 1240 g/mol. The van der Waals surface area contributed by atoms with Crippen molar-refractivity contribution in [2.24, 2.45) is 11.8 Å². The Hall–Kier alpha value is -8.22. The van der Waals surface area contributed by atoms with E-state index in [1.165, 1.54) is 299 Å². The molecule has 6 heteroatoms. The Balaban J connectivity index is 1.04. The number of hydrogen-bond donors (Lipinski definition) is 0. The molecular formula is C88H96N2O4. The summed E-state index contributed by atoms with van der Waals surface area (Å²) in [6.45, 7) is 11.2. The van der Waals surface area contributed by atoms with E-state index in [0.717, 1.165) is 24.2 Å². The first-order chi connectivity index (χ1) is 46.3. The standard InChI is InChI=1S/C88H96N2O4/c1-7-11-15-19-21-25-33-57(31-23-17-13-9-3)55-89-75-51-71(59-43-47-61(48-44-59)87(91)93-5)67-39-27-35-63-65-37-29-41-69-73(53-77(89)85(81(65)69)83(75)79(63)67)74-54-78-86-82-66(38-30-42-70(74)82)64-36-28-40-68-72(60-45-49-62(50-46-60)88(92)94-6)52-76(84(86)80(64)68)90(78)56-58(32-24-18-14-10-4)34-26-22-20-16-12-8-2/h27-30,35-54,57-58H,7-26,31-34,55-56H2,1-6H3. The average Bonchev–Trinajstić information content (AvgIpc) is 1.45. The highest BCUT2D eigenvalue weighted by Gasteiger charge is 2.31. The average molecular weight is 1250 g/mol. The maximum Gasteiger partial charge on any atom is 0.337 e. The molecule has 12 aromatic carbocycles. The van der Waals surface area contributed by atoms with Gasteiger partial charge in [0.1, 0.15) is 0 Å². The van der Waals surface area contributed by atoms with Gasteiger partial charge >= 0.3 is 11.9 Å². The van der Waals surface area contributed by atoms with Crippen LogP contribution in [0.1, 0.15) is 203 Å². The molecule has 0 aliphatic carbocycles. The van der Waals surface area contributed by atoms with Crippen LogP contribution in [-0.4, -0.2) is 35.3 Å². The predicted molar refractivity (Wildman–Crippen MR) is 402 cm³/mol. The van der Waals surface area contributed by atoms with Gasteiger partial charge in [0.15, 0.2) is 0 Å². The van der Waals surface area contributed by atoms with Gasteiger partial charge in [0.25, 0.3) is 0 Å². The van der Waals surface area contributed by atoms with Gasteiger partial charge in [-0.05, 0) is 163 Å². The van der Waals surface area contributed by atoms with E-state index < -0.39 is 0 Å². The number of ether oxygens (including phenoxy) is 2. The molecule has 2 aromatic heterocycles. The molecule has 0 amide bonds. The molecule has 0 N–H and O–H groups in total. The van der Waals surface area contributed by atoms with E-state index in [-0.39, 0.29) is 11.9 Å². The van der Waals surface area contributed by atoms with Crippen molar-refractivity contribution in [2.45, 2.75) is 195 Å². The molecule has 6 nitrogen and oxygen atoms in total. The van der Waals surface area contributed by atoms with Crippen LogP contribution in [0.2, 0.25) is 0 Å². The first-order valence-corrected chi connectivity index (χ1v) is 36.6. The van der Waals surface area contributed by atoms with Gasteiger partial charge in [-0.15, -0.1) is 0 Å². The second kappa shape index (κ2) is 28.0. The normalized spacial score (nSPS) is 13.0. The third-order valence-corrected chi connectivity index (χ3v) is 22.1. The second-order valence-electron chi connectivity index (χ2n) is 28.1. The number of fused-ring (bicyclic) bond motifs is 2. The number of esters is 2. The smallest absolute Gasteiger partial charge is 0.337 e. The van der Waals surface area contributed by atoms with Crippen molar-refractivity contribution in [3.63, 3.8) is 0 Å². The Bertz CT molecular complexity index is 4610. The SMILES string of the molecule is CCCCCCCCC(CCCCCC)Cn1c2cc(-c3ccc(C(=O)OC)cc3)c3cccc4c5cccc6c(-c7cc8c9c%10c7cccc%10c7cccc%10c(-c%11ccc(C(=O)OC)cc%11)cc(c9c%107)n8CC(CCCCCC)CCCCCCCC)cc1c(c65)c2c34. The topological polar surface area (TPSA) is 62.5 Å². The summed E-state index contributed by atoms with van der Waals surface area (Å²) in [7, 11) is 2.92. The van der Waals surface area contributed by atoms with Crippen LogP contribution >= 0.6 is 0 Å². The highest BCUT2D eigenvalue weighted by Crippen LogP contribution is 2.55. The number of unbranched alkanes of at least 4 members (excludes halogenated alkanes) is 16. The van der Waals surface area contributed by atoms with Crippen molar-refractivity contribution >= 4 is 120 Å². The first-order valence-electron chi connectivity index (χ1n) is 36.6. The van der Waals surface area contributed by atoms with Crippen LogP contribution in [-0.2, 0) is 22.6 Å². The van der Waals surface area contributed by atoms with E-state index in [9.17, 15) is 9.59 Å². The van der Waals surface area contributed by atoms with Crippen LogP contribution < -0.4 is 0 Å². The maximum atomic E-state index is 12.9. The largest absolute Gasteiger partial charge is 0.465 e. The van der Waals surface area contributed by atoms with E-state index in [0.29, 0.717) is 23.0 Å². The molecule has 0 fully saturated rings. The molecule has 2 heterocycles.